The summed E-state index contributed by atoms with van der Waals surface area (Å²) in [6.07, 6.45) is 2.07. The van der Waals surface area contributed by atoms with Crippen LogP contribution in [0.2, 0.25) is 0 Å². The fourth-order valence-corrected chi connectivity index (χ4v) is 2.02. The Hall–Kier alpha value is -1.96. The second-order valence-corrected chi connectivity index (χ2v) is 4.11. The second-order valence-electron chi connectivity index (χ2n) is 4.11. The molecule has 78 valence electrons. The molecular weight excluding hydrogens is 196 g/mol. The zero-order valence-electron chi connectivity index (χ0n) is 9.22. The maximum Gasteiger partial charge on any atom is 0.323 e. The molecule has 2 heteroatoms. The van der Waals surface area contributed by atoms with Gasteiger partial charge in [-0.1, -0.05) is 29.8 Å². The van der Waals surface area contributed by atoms with Crippen molar-refractivity contribution >= 4 is 11.5 Å². The second kappa shape index (κ2) is 3.56. The van der Waals surface area contributed by atoms with Crippen molar-refractivity contribution < 1.29 is 4.57 Å². The van der Waals surface area contributed by atoms with Crippen LogP contribution in [0.1, 0.15) is 11.1 Å². The molecule has 0 amide bonds. The van der Waals surface area contributed by atoms with E-state index in [1.54, 1.807) is 0 Å². The normalized spacial score (nSPS) is 13.4. The van der Waals surface area contributed by atoms with Gasteiger partial charge in [-0.3, -0.25) is 0 Å². The highest BCUT2D eigenvalue weighted by Crippen LogP contribution is 2.15. The molecule has 1 aliphatic rings. The van der Waals surface area contributed by atoms with Crippen molar-refractivity contribution in [2.24, 2.45) is 4.99 Å². The summed E-state index contributed by atoms with van der Waals surface area (Å²) >= 11 is 0. The van der Waals surface area contributed by atoms with Gasteiger partial charge in [0, 0.05) is 11.6 Å². The quantitative estimate of drug-likeness (QED) is 0.641. The van der Waals surface area contributed by atoms with Gasteiger partial charge in [0.15, 0.2) is 6.54 Å². The summed E-state index contributed by atoms with van der Waals surface area (Å²) in [4.78, 5) is 4.64. The zero-order chi connectivity index (χ0) is 11.0. The molecule has 0 saturated carbocycles. The van der Waals surface area contributed by atoms with Crippen LogP contribution in [0.15, 0.2) is 53.7 Å². The molecule has 0 fully saturated rings. The molecular formula is C14H13N2+. The van der Waals surface area contributed by atoms with E-state index in [-0.39, 0.29) is 0 Å². The SMILES string of the molecule is Cc1cccc(C2=Nc3cccc[n+]3C2)c1. The van der Waals surface area contributed by atoms with Crippen LogP contribution in [-0.4, -0.2) is 5.71 Å². The molecule has 2 heterocycles. The van der Waals surface area contributed by atoms with Gasteiger partial charge in [0.1, 0.15) is 0 Å². The lowest BCUT2D eigenvalue weighted by Gasteiger charge is -1.97. The molecule has 0 aliphatic carbocycles. The molecule has 1 aromatic heterocycles. The van der Waals surface area contributed by atoms with Gasteiger partial charge in [-0.2, -0.15) is 0 Å². The number of hydrogen-bond donors (Lipinski definition) is 0. The predicted molar refractivity (Wildman–Crippen MR) is 64.0 cm³/mol. The van der Waals surface area contributed by atoms with Crippen LogP contribution < -0.4 is 4.57 Å². The lowest BCUT2D eigenvalue weighted by atomic mass is 10.1. The number of fused-ring (bicyclic) bond motifs is 1. The number of benzene rings is 1. The van der Waals surface area contributed by atoms with Crippen molar-refractivity contribution in [1.82, 2.24) is 0 Å². The average Bonchev–Trinajstić information content (AvgIpc) is 2.72. The Morgan fingerprint density at radius 2 is 2.06 bits per heavy atom. The Bertz CT molecular complexity index is 570. The highest BCUT2D eigenvalue weighted by atomic mass is 15.1. The fraction of sp³-hybridized carbons (Fsp3) is 0.143. The monoisotopic (exact) mass is 209 g/mol. The topological polar surface area (TPSA) is 16.2 Å². The van der Waals surface area contributed by atoms with E-state index >= 15 is 0 Å². The van der Waals surface area contributed by atoms with Gasteiger partial charge in [-0.25, -0.2) is 4.57 Å². The average molecular weight is 209 g/mol. The minimum absolute atomic E-state index is 0.875. The van der Waals surface area contributed by atoms with Crippen LogP contribution >= 0.6 is 0 Å². The van der Waals surface area contributed by atoms with Crippen LogP contribution in [0.5, 0.6) is 0 Å². The Morgan fingerprint density at radius 3 is 2.88 bits per heavy atom. The van der Waals surface area contributed by atoms with Crippen LogP contribution in [0.3, 0.4) is 0 Å². The van der Waals surface area contributed by atoms with E-state index in [1.165, 1.54) is 11.1 Å². The van der Waals surface area contributed by atoms with Gasteiger partial charge in [-0.15, -0.1) is 0 Å². The molecule has 0 unspecified atom stereocenters. The molecule has 0 saturated heterocycles. The van der Waals surface area contributed by atoms with Crippen LogP contribution in [0.25, 0.3) is 0 Å². The van der Waals surface area contributed by atoms with Crippen LogP contribution in [-0.2, 0) is 6.54 Å². The first-order valence-corrected chi connectivity index (χ1v) is 5.46. The summed E-state index contributed by atoms with van der Waals surface area (Å²) in [7, 11) is 0. The van der Waals surface area contributed by atoms with E-state index < -0.39 is 0 Å². The van der Waals surface area contributed by atoms with E-state index in [2.05, 4.69) is 46.9 Å². The standard InChI is InChI=1S/C14H13N2/c1-11-5-4-6-12(9-11)13-10-16-8-3-2-7-14(16)15-13/h2-9H,10H2,1H3/q+1. The number of pyridine rings is 1. The van der Waals surface area contributed by atoms with Crippen molar-refractivity contribution in [1.29, 1.82) is 0 Å². The first-order chi connectivity index (χ1) is 7.83. The van der Waals surface area contributed by atoms with E-state index in [9.17, 15) is 0 Å². The summed E-state index contributed by atoms with van der Waals surface area (Å²) in [5.41, 5.74) is 3.65. The number of aromatic nitrogens is 1. The van der Waals surface area contributed by atoms with Crippen molar-refractivity contribution in [2.75, 3.05) is 0 Å². The molecule has 0 bridgehead atoms. The number of nitrogens with zero attached hydrogens (tertiary/aromatic N) is 2. The van der Waals surface area contributed by atoms with E-state index in [1.807, 2.05) is 18.2 Å². The molecule has 0 radical (unpaired) electrons. The van der Waals surface area contributed by atoms with Gasteiger partial charge < -0.3 is 0 Å². The van der Waals surface area contributed by atoms with Gasteiger partial charge in [0.05, 0.1) is 6.20 Å². The molecule has 0 atom stereocenters. The number of rotatable bonds is 1. The Balaban J connectivity index is 2.02. The van der Waals surface area contributed by atoms with Crippen LogP contribution in [0.4, 0.5) is 5.82 Å². The molecule has 1 aliphatic heterocycles. The third-order valence-electron chi connectivity index (χ3n) is 2.84. The molecule has 0 N–H and O–H groups in total. The van der Waals surface area contributed by atoms with E-state index in [4.69, 9.17) is 0 Å². The number of aryl methyl sites for hydroxylation is 1. The maximum atomic E-state index is 4.64. The molecule has 3 rings (SSSR count). The van der Waals surface area contributed by atoms with Crippen molar-refractivity contribution in [3.63, 3.8) is 0 Å². The zero-order valence-corrected chi connectivity index (χ0v) is 9.22. The molecule has 2 nitrogen and oxygen atoms in total. The van der Waals surface area contributed by atoms with Crippen LogP contribution in [0, 0.1) is 6.92 Å². The predicted octanol–water partition coefficient (Wildman–Crippen LogP) is 2.42. The third kappa shape index (κ3) is 1.52. The van der Waals surface area contributed by atoms with Crippen molar-refractivity contribution in [3.8, 4) is 0 Å². The fourth-order valence-electron chi connectivity index (χ4n) is 2.02. The molecule has 16 heavy (non-hydrogen) atoms. The number of aliphatic imine (C=N–C) groups is 1. The summed E-state index contributed by atoms with van der Waals surface area (Å²) in [6, 6.07) is 14.6. The lowest BCUT2D eigenvalue weighted by molar-refractivity contribution is -0.664. The minimum Gasteiger partial charge on any atom is -0.223 e. The highest BCUT2D eigenvalue weighted by Gasteiger charge is 2.23. The smallest absolute Gasteiger partial charge is 0.223 e. The highest BCUT2D eigenvalue weighted by molar-refractivity contribution is 6.01. The summed E-state index contributed by atoms with van der Waals surface area (Å²) < 4.78 is 2.16. The third-order valence-corrected chi connectivity index (χ3v) is 2.84. The first-order valence-electron chi connectivity index (χ1n) is 5.46. The molecule has 0 spiro atoms. The summed E-state index contributed by atoms with van der Waals surface area (Å²) in [5.74, 6) is 1.04. The first kappa shape index (κ1) is 9.28. The number of hydrogen-bond acceptors (Lipinski definition) is 1. The molecule has 1 aromatic carbocycles. The van der Waals surface area contributed by atoms with Crippen molar-refractivity contribution in [3.05, 3.63) is 59.8 Å². The van der Waals surface area contributed by atoms with Gasteiger partial charge in [-0.05, 0) is 24.0 Å². The lowest BCUT2D eigenvalue weighted by Crippen LogP contribution is -2.32. The minimum atomic E-state index is 0.875. The summed E-state index contributed by atoms with van der Waals surface area (Å²) in [5, 5.41) is 0. The van der Waals surface area contributed by atoms with E-state index in [0.717, 1.165) is 18.1 Å². The summed E-state index contributed by atoms with van der Waals surface area (Å²) in [6.45, 7) is 2.99. The van der Waals surface area contributed by atoms with E-state index in [0.29, 0.717) is 0 Å². The Kier molecular flexibility index (Phi) is 2.07. The largest absolute Gasteiger partial charge is 0.323 e. The Morgan fingerprint density at radius 1 is 1.12 bits per heavy atom. The Labute approximate surface area is 94.9 Å². The molecule has 2 aromatic rings. The van der Waals surface area contributed by atoms with Gasteiger partial charge in [0.2, 0.25) is 5.71 Å². The van der Waals surface area contributed by atoms with Gasteiger partial charge in [0.25, 0.3) is 0 Å². The van der Waals surface area contributed by atoms with Crippen molar-refractivity contribution in [2.45, 2.75) is 13.5 Å². The van der Waals surface area contributed by atoms with Gasteiger partial charge >= 0.3 is 5.82 Å². The maximum absolute atomic E-state index is 4.64.